The smallest absolute Gasteiger partial charge is 0.277 e. The van der Waals surface area contributed by atoms with E-state index in [2.05, 4.69) is 15.4 Å². The average Bonchev–Trinajstić information content (AvgIpc) is 3.21. The lowest BCUT2D eigenvalue weighted by Gasteiger charge is -2.01. The van der Waals surface area contributed by atoms with Crippen LogP contribution in [0, 0.1) is 6.92 Å². The van der Waals surface area contributed by atoms with Crippen molar-refractivity contribution in [2.75, 3.05) is 12.4 Å². The summed E-state index contributed by atoms with van der Waals surface area (Å²) in [4.78, 5) is 16.8. The van der Waals surface area contributed by atoms with Crippen LogP contribution in [0.2, 0.25) is 0 Å². The lowest BCUT2D eigenvalue weighted by Crippen LogP contribution is -2.13. The monoisotopic (exact) mass is 342 g/mol. The topological polar surface area (TPSA) is 69.0 Å². The van der Waals surface area contributed by atoms with Gasteiger partial charge in [0.05, 0.1) is 12.8 Å². The molecule has 0 atom stereocenters. The minimum Gasteiger partial charge on any atom is -0.497 e. The van der Waals surface area contributed by atoms with Crippen LogP contribution < -0.4 is 10.1 Å². The number of ether oxygens (including phenoxy) is 1. The molecule has 2 aromatic heterocycles. The zero-order chi connectivity index (χ0) is 17.1. The maximum Gasteiger partial charge on any atom is 0.277 e. The van der Waals surface area contributed by atoms with Gasteiger partial charge in [-0.1, -0.05) is 0 Å². The van der Waals surface area contributed by atoms with Crippen molar-refractivity contribution in [1.29, 1.82) is 0 Å². The van der Waals surface area contributed by atoms with Crippen LogP contribution in [0.4, 0.5) is 5.13 Å². The van der Waals surface area contributed by atoms with Crippen LogP contribution in [0.1, 0.15) is 23.1 Å². The molecule has 0 saturated heterocycles. The molecule has 0 aliphatic carbocycles. The SMILES string of the molecule is CCn1nc(C(=O)Nc2nc(-c3ccc(OC)cc3)cs2)cc1C. The normalized spacial score (nSPS) is 10.6. The largest absolute Gasteiger partial charge is 0.497 e. The van der Waals surface area contributed by atoms with Gasteiger partial charge in [-0.25, -0.2) is 4.98 Å². The average molecular weight is 342 g/mol. The molecule has 3 rings (SSSR count). The number of aromatic nitrogens is 3. The van der Waals surface area contributed by atoms with E-state index >= 15 is 0 Å². The second kappa shape index (κ2) is 6.84. The minimum absolute atomic E-state index is 0.249. The number of anilines is 1. The van der Waals surface area contributed by atoms with E-state index in [0.29, 0.717) is 10.8 Å². The molecule has 0 saturated carbocycles. The molecule has 0 radical (unpaired) electrons. The Bertz CT molecular complexity index is 852. The molecular weight excluding hydrogens is 324 g/mol. The molecule has 3 aromatic rings. The van der Waals surface area contributed by atoms with Crippen LogP contribution in [-0.4, -0.2) is 27.8 Å². The molecule has 0 unspecified atom stereocenters. The van der Waals surface area contributed by atoms with Gasteiger partial charge in [0, 0.05) is 23.2 Å². The van der Waals surface area contributed by atoms with E-state index in [4.69, 9.17) is 4.74 Å². The Balaban J connectivity index is 1.74. The van der Waals surface area contributed by atoms with Crippen molar-refractivity contribution in [2.24, 2.45) is 0 Å². The number of hydrogen-bond donors (Lipinski definition) is 1. The number of benzene rings is 1. The van der Waals surface area contributed by atoms with Crippen molar-refractivity contribution in [3.63, 3.8) is 0 Å². The molecule has 0 fully saturated rings. The molecule has 1 N–H and O–H groups in total. The first-order valence-electron chi connectivity index (χ1n) is 7.56. The number of nitrogens with one attached hydrogen (secondary N) is 1. The first-order valence-corrected chi connectivity index (χ1v) is 8.44. The number of methoxy groups -OCH3 is 1. The van der Waals surface area contributed by atoms with E-state index in [9.17, 15) is 4.79 Å². The van der Waals surface area contributed by atoms with Gasteiger partial charge in [-0.3, -0.25) is 14.8 Å². The standard InChI is InChI=1S/C17H18N4O2S/c1-4-21-11(2)9-14(20-21)16(22)19-17-18-15(10-24-17)12-5-7-13(23-3)8-6-12/h5-10H,4H2,1-3H3,(H,18,19,22). The fourth-order valence-corrected chi connectivity index (χ4v) is 3.04. The molecule has 1 aromatic carbocycles. The first-order chi connectivity index (χ1) is 11.6. The Morgan fingerprint density at radius 1 is 1.33 bits per heavy atom. The van der Waals surface area contributed by atoms with Gasteiger partial charge >= 0.3 is 0 Å². The van der Waals surface area contributed by atoms with Gasteiger partial charge in [-0.2, -0.15) is 5.10 Å². The number of rotatable bonds is 5. The predicted octanol–water partition coefficient (Wildman–Crippen LogP) is 3.60. The number of aryl methyl sites for hydroxylation is 2. The predicted molar refractivity (Wildman–Crippen MR) is 94.7 cm³/mol. The highest BCUT2D eigenvalue weighted by molar-refractivity contribution is 7.14. The molecule has 0 bridgehead atoms. The van der Waals surface area contributed by atoms with Crippen LogP contribution >= 0.6 is 11.3 Å². The summed E-state index contributed by atoms with van der Waals surface area (Å²) >= 11 is 1.39. The highest BCUT2D eigenvalue weighted by Crippen LogP contribution is 2.26. The fraction of sp³-hybridized carbons (Fsp3) is 0.235. The van der Waals surface area contributed by atoms with E-state index in [1.165, 1.54) is 11.3 Å². The molecule has 0 aliphatic heterocycles. The fourth-order valence-electron chi connectivity index (χ4n) is 2.33. The van der Waals surface area contributed by atoms with Gasteiger partial charge in [0.15, 0.2) is 10.8 Å². The molecule has 0 aliphatic rings. The van der Waals surface area contributed by atoms with Gasteiger partial charge in [-0.15, -0.1) is 11.3 Å². The number of amides is 1. The number of hydrogen-bond acceptors (Lipinski definition) is 5. The third-order valence-electron chi connectivity index (χ3n) is 3.62. The van der Waals surface area contributed by atoms with Crippen molar-refractivity contribution in [1.82, 2.24) is 14.8 Å². The van der Waals surface area contributed by atoms with Crippen LogP contribution in [0.25, 0.3) is 11.3 Å². The van der Waals surface area contributed by atoms with Gasteiger partial charge in [-0.05, 0) is 44.2 Å². The maximum atomic E-state index is 12.3. The number of carbonyl (C=O) groups is 1. The zero-order valence-corrected chi connectivity index (χ0v) is 14.6. The van der Waals surface area contributed by atoms with Gasteiger partial charge < -0.3 is 4.74 Å². The van der Waals surface area contributed by atoms with Crippen molar-refractivity contribution in [2.45, 2.75) is 20.4 Å². The number of thiazole rings is 1. The maximum absolute atomic E-state index is 12.3. The van der Waals surface area contributed by atoms with Crippen molar-refractivity contribution in [3.8, 4) is 17.0 Å². The lowest BCUT2D eigenvalue weighted by atomic mass is 10.2. The van der Waals surface area contributed by atoms with Crippen LogP contribution in [0.5, 0.6) is 5.75 Å². The molecule has 7 heteroatoms. The summed E-state index contributed by atoms with van der Waals surface area (Å²) < 4.78 is 6.94. The van der Waals surface area contributed by atoms with Gasteiger partial charge in [0.2, 0.25) is 0 Å². The third kappa shape index (κ3) is 3.30. The lowest BCUT2D eigenvalue weighted by molar-refractivity contribution is 0.102. The van der Waals surface area contributed by atoms with E-state index in [0.717, 1.165) is 29.2 Å². The molecular formula is C17H18N4O2S. The summed E-state index contributed by atoms with van der Waals surface area (Å²) in [5, 5.41) is 9.54. The first kappa shape index (κ1) is 16.2. The van der Waals surface area contributed by atoms with Gasteiger partial charge in [0.1, 0.15) is 5.75 Å². The Morgan fingerprint density at radius 2 is 2.08 bits per heavy atom. The third-order valence-corrected chi connectivity index (χ3v) is 4.38. The summed E-state index contributed by atoms with van der Waals surface area (Å²) in [5.74, 6) is 0.547. The van der Waals surface area contributed by atoms with Crippen LogP contribution in [0.15, 0.2) is 35.7 Å². The summed E-state index contributed by atoms with van der Waals surface area (Å²) in [5.41, 5.74) is 3.14. The van der Waals surface area contributed by atoms with Crippen LogP contribution in [0.3, 0.4) is 0 Å². The summed E-state index contributed by atoms with van der Waals surface area (Å²) in [6, 6.07) is 9.41. The van der Waals surface area contributed by atoms with E-state index in [-0.39, 0.29) is 5.91 Å². The van der Waals surface area contributed by atoms with E-state index in [1.807, 2.05) is 43.5 Å². The second-order valence-corrected chi connectivity index (χ2v) is 6.07. The Kier molecular flexibility index (Phi) is 4.61. The van der Waals surface area contributed by atoms with E-state index < -0.39 is 0 Å². The molecule has 2 heterocycles. The summed E-state index contributed by atoms with van der Waals surface area (Å²) in [6.07, 6.45) is 0. The Morgan fingerprint density at radius 3 is 2.71 bits per heavy atom. The van der Waals surface area contributed by atoms with Gasteiger partial charge in [0.25, 0.3) is 5.91 Å². The highest BCUT2D eigenvalue weighted by atomic mass is 32.1. The molecule has 1 amide bonds. The van der Waals surface area contributed by atoms with Crippen molar-refractivity contribution < 1.29 is 9.53 Å². The summed E-state index contributed by atoms with van der Waals surface area (Å²) in [6.45, 7) is 4.65. The number of carbonyl (C=O) groups excluding carboxylic acids is 1. The number of nitrogens with zero attached hydrogens (tertiary/aromatic N) is 3. The van der Waals surface area contributed by atoms with E-state index in [1.54, 1.807) is 17.9 Å². The molecule has 6 nitrogen and oxygen atoms in total. The summed E-state index contributed by atoms with van der Waals surface area (Å²) in [7, 11) is 1.63. The quantitative estimate of drug-likeness (QED) is 0.769. The highest BCUT2D eigenvalue weighted by Gasteiger charge is 2.14. The Labute approximate surface area is 144 Å². The molecule has 0 spiro atoms. The molecule has 124 valence electrons. The zero-order valence-electron chi connectivity index (χ0n) is 13.7. The minimum atomic E-state index is -0.249. The van der Waals surface area contributed by atoms with Crippen molar-refractivity contribution >= 4 is 22.4 Å². The second-order valence-electron chi connectivity index (χ2n) is 5.21. The van der Waals surface area contributed by atoms with Crippen LogP contribution in [-0.2, 0) is 6.54 Å². The molecule has 24 heavy (non-hydrogen) atoms. The Hall–Kier alpha value is -2.67. The van der Waals surface area contributed by atoms with Crippen molar-refractivity contribution in [3.05, 3.63) is 47.1 Å².